The fraction of sp³-hybridized carbons (Fsp3) is 0. The molecule has 4 aromatic rings. The molecule has 0 aliphatic carbocycles. The molecule has 0 unspecified atom stereocenters. The van der Waals surface area contributed by atoms with Gasteiger partial charge in [0.15, 0.2) is 11.5 Å². The van der Waals surface area contributed by atoms with Crippen molar-refractivity contribution in [1.82, 2.24) is 0 Å². The highest BCUT2D eigenvalue weighted by molar-refractivity contribution is 5.88. The van der Waals surface area contributed by atoms with Gasteiger partial charge in [-0.15, -0.1) is 0 Å². The van der Waals surface area contributed by atoms with Gasteiger partial charge in [-0.25, -0.2) is 14.4 Å². The normalized spacial score (nSPS) is 8.70. The molecule has 0 saturated heterocycles. The van der Waals surface area contributed by atoms with Crippen molar-refractivity contribution in [2.45, 2.75) is 0 Å². The summed E-state index contributed by atoms with van der Waals surface area (Å²) in [5.41, 5.74) is 0.993. The van der Waals surface area contributed by atoms with Crippen molar-refractivity contribution >= 4 is 24.4 Å². The lowest BCUT2D eigenvalue weighted by atomic mass is 10.2. The van der Waals surface area contributed by atoms with Gasteiger partial charge in [0.1, 0.15) is 0 Å². The van der Waals surface area contributed by atoms with Crippen LogP contribution in [0.15, 0.2) is 103 Å². The molecule has 0 amide bonds. The second-order valence-corrected chi connectivity index (χ2v) is 6.92. The van der Waals surface area contributed by atoms with Gasteiger partial charge in [-0.05, 0) is 48.5 Å². The lowest BCUT2D eigenvalue weighted by molar-refractivity contribution is -0.122. The Kier molecular flexibility index (Phi) is 16.2. The molecule has 0 spiro atoms. The van der Waals surface area contributed by atoms with Gasteiger partial charge in [0.2, 0.25) is 11.5 Å². The maximum absolute atomic E-state index is 10.2. The Morgan fingerprint density at radius 1 is 0.450 bits per heavy atom. The molecule has 0 atom stereocenters. The van der Waals surface area contributed by atoms with Crippen LogP contribution in [-0.2, 0) is 4.79 Å². The third-order valence-corrected chi connectivity index (χ3v) is 4.17. The minimum Gasteiger partial charge on any atom is -0.504 e. The Bertz CT molecular complexity index is 1180. The number of carbonyl (C=O) groups is 4. The minimum absolute atomic E-state index is 0.250. The topological polar surface area (TPSA) is 230 Å². The summed E-state index contributed by atoms with van der Waals surface area (Å²) in [7, 11) is 0. The van der Waals surface area contributed by atoms with Crippen LogP contribution < -0.4 is 0 Å². The van der Waals surface area contributed by atoms with Crippen LogP contribution in [0.1, 0.15) is 31.1 Å². The maximum atomic E-state index is 10.2. The van der Waals surface area contributed by atoms with Crippen LogP contribution >= 0.6 is 0 Å². The molecule has 12 nitrogen and oxygen atoms in total. The van der Waals surface area contributed by atoms with Crippen LogP contribution in [0, 0.1) is 0 Å². The van der Waals surface area contributed by atoms with Gasteiger partial charge in [-0.1, -0.05) is 54.6 Å². The summed E-state index contributed by atoms with van der Waals surface area (Å²) in [5.74, 6) is -4.98. The molecule has 8 N–H and O–H groups in total. The molecule has 0 aromatic heterocycles. The minimum atomic E-state index is -0.879. The highest BCUT2D eigenvalue weighted by atomic mass is 16.4. The van der Waals surface area contributed by atoms with Gasteiger partial charge >= 0.3 is 17.9 Å². The zero-order valence-electron chi connectivity index (χ0n) is 20.6. The Hall–Kier alpha value is -6.04. The molecule has 0 aliphatic heterocycles. The molecule has 40 heavy (non-hydrogen) atoms. The van der Waals surface area contributed by atoms with Crippen LogP contribution in [0.2, 0.25) is 0 Å². The largest absolute Gasteiger partial charge is 0.504 e. The summed E-state index contributed by atoms with van der Waals surface area (Å²) in [5, 5.41) is 66.9. The standard InChI is InChI=1S/3C7H6O2.C6H6O4.CH2O2/c3*8-7(9)6-4-2-1-3-5-6;7-3-1-2-4(8)6(10)5(3)9;2-1-3/h3*1-5H,(H,8,9);1-2,7-10H;1H,(H,2,3). The fourth-order valence-electron chi connectivity index (χ4n) is 2.30. The van der Waals surface area contributed by atoms with E-state index >= 15 is 0 Å². The van der Waals surface area contributed by atoms with Crippen molar-refractivity contribution in [1.29, 1.82) is 0 Å². The average Bonchev–Trinajstić information content (AvgIpc) is 2.97. The predicted octanol–water partition coefficient (Wildman–Crippen LogP) is 4.36. The average molecular weight is 555 g/mol. The number of carboxylic acid groups (broad SMARTS) is 4. The number of benzene rings is 4. The van der Waals surface area contributed by atoms with Gasteiger partial charge in [-0.3, -0.25) is 4.79 Å². The van der Waals surface area contributed by atoms with Crippen LogP contribution in [0.3, 0.4) is 0 Å². The SMILES string of the molecule is O=C(O)c1ccccc1.O=C(O)c1ccccc1.O=C(O)c1ccccc1.O=CO.Oc1ccc(O)c(O)c1O. The first-order valence-electron chi connectivity index (χ1n) is 10.8. The Labute approximate surface area is 227 Å². The van der Waals surface area contributed by atoms with Crippen LogP contribution in [-0.4, -0.2) is 65.2 Å². The molecule has 0 heterocycles. The Morgan fingerprint density at radius 3 is 0.800 bits per heavy atom. The van der Waals surface area contributed by atoms with Crippen LogP contribution in [0.25, 0.3) is 0 Å². The number of carboxylic acids is 3. The first kappa shape index (κ1) is 34.0. The van der Waals surface area contributed by atoms with Gasteiger partial charge in [-0.2, -0.15) is 0 Å². The van der Waals surface area contributed by atoms with Gasteiger partial charge < -0.3 is 40.9 Å². The van der Waals surface area contributed by atoms with Crippen LogP contribution in [0.4, 0.5) is 0 Å². The van der Waals surface area contributed by atoms with Gasteiger partial charge in [0, 0.05) is 0 Å². The van der Waals surface area contributed by atoms with E-state index in [0.29, 0.717) is 16.7 Å². The van der Waals surface area contributed by atoms with Crippen molar-refractivity contribution in [2.24, 2.45) is 0 Å². The van der Waals surface area contributed by atoms with E-state index in [1.54, 1.807) is 91.0 Å². The molecule has 210 valence electrons. The second-order valence-electron chi connectivity index (χ2n) is 6.92. The van der Waals surface area contributed by atoms with E-state index in [0.717, 1.165) is 12.1 Å². The molecule has 0 radical (unpaired) electrons. The lowest BCUT2D eigenvalue weighted by Crippen LogP contribution is -1.93. The van der Waals surface area contributed by atoms with Crippen molar-refractivity contribution in [3.05, 3.63) is 120 Å². The van der Waals surface area contributed by atoms with Crippen molar-refractivity contribution in [3.63, 3.8) is 0 Å². The van der Waals surface area contributed by atoms with Crippen molar-refractivity contribution in [3.8, 4) is 23.0 Å². The lowest BCUT2D eigenvalue weighted by Gasteiger charge is -2.00. The summed E-state index contributed by atoms with van der Waals surface area (Å²) in [6, 6.07) is 27.0. The number of phenols is 4. The maximum Gasteiger partial charge on any atom is 0.335 e. The fourth-order valence-corrected chi connectivity index (χ4v) is 2.30. The van der Waals surface area contributed by atoms with E-state index in [1.807, 2.05) is 0 Å². The number of aromatic carboxylic acids is 3. The quantitative estimate of drug-likeness (QED) is 0.100. The Balaban J connectivity index is 0.000000491. The molecule has 0 aliphatic rings. The van der Waals surface area contributed by atoms with E-state index in [4.69, 9.17) is 45.6 Å². The van der Waals surface area contributed by atoms with E-state index in [-0.39, 0.29) is 6.47 Å². The molecule has 4 rings (SSSR count). The number of rotatable bonds is 3. The summed E-state index contributed by atoms with van der Waals surface area (Å²) in [4.78, 5) is 39.0. The molecular formula is C28H26O12. The summed E-state index contributed by atoms with van der Waals surface area (Å²) in [6.07, 6.45) is 0. The summed E-state index contributed by atoms with van der Waals surface area (Å²) >= 11 is 0. The number of phenolic OH excluding ortho intramolecular Hbond substituents is 4. The van der Waals surface area contributed by atoms with Gasteiger partial charge in [0.25, 0.3) is 6.47 Å². The predicted molar refractivity (Wildman–Crippen MR) is 142 cm³/mol. The van der Waals surface area contributed by atoms with Crippen molar-refractivity contribution < 1.29 is 60.0 Å². The molecular weight excluding hydrogens is 528 g/mol. The highest BCUT2D eigenvalue weighted by Gasteiger charge is 2.08. The van der Waals surface area contributed by atoms with Gasteiger partial charge in [0.05, 0.1) is 16.7 Å². The second kappa shape index (κ2) is 19.1. The smallest absolute Gasteiger partial charge is 0.335 e. The number of hydrogen-bond acceptors (Lipinski definition) is 8. The first-order valence-corrected chi connectivity index (χ1v) is 10.8. The molecule has 0 saturated carbocycles. The number of aromatic hydroxyl groups is 4. The molecule has 0 fully saturated rings. The van der Waals surface area contributed by atoms with E-state index in [9.17, 15) is 14.4 Å². The molecule has 12 heteroatoms. The van der Waals surface area contributed by atoms with Crippen LogP contribution in [0.5, 0.6) is 23.0 Å². The summed E-state index contributed by atoms with van der Waals surface area (Å²) < 4.78 is 0. The zero-order chi connectivity index (χ0) is 30.5. The third kappa shape index (κ3) is 13.9. The van der Waals surface area contributed by atoms with E-state index in [1.165, 1.54) is 0 Å². The monoisotopic (exact) mass is 554 g/mol. The van der Waals surface area contributed by atoms with Crippen molar-refractivity contribution in [2.75, 3.05) is 0 Å². The van der Waals surface area contributed by atoms with E-state index in [2.05, 4.69) is 0 Å². The Morgan fingerprint density at radius 2 is 0.650 bits per heavy atom. The zero-order valence-corrected chi connectivity index (χ0v) is 20.6. The number of hydrogen-bond donors (Lipinski definition) is 8. The molecule has 0 bridgehead atoms. The highest BCUT2D eigenvalue weighted by Crippen LogP contribution is 2.40. The van der Waals surface area contributed by atoms with E-state index < -0.39 is 40.9 Å². The summed E-state index contributed by atoms with van der Waals surface area (Å²) in [6.45, 7) is -0.250. The third-order valence-electron chi connectivity index (χ3n) is 4.17. The first-order chi connectivity index (χ1) is 19.0. The molecule has 4 aromatic carbocycles.